The average Bonchev–Trinajstić information content (AvgIpc) is 3.11. The molecular formula is C21H25NO3S. The summed E-state index contributed by atoms with van der Waals surface area (Å²) in [6.07, 6.45) is 1.80. The molecule has 0 bridgehead atoms. The van der Waals surface area contributed by atoms with E-state index in [1.807, 2.05) is 69.5 Å². The molecule has 0 spiro atoms. The van der Waals surface area contributed by atoms with E-state index in [1.165, 1.54) is 11.3 Å². The topological polar surface area (TPSA) is 55.4 Å². The second kappa shape index (κ2) is 9.34. The van der Waals surface area contributed by atoms with E-state index in [2.05, 4.69) is 5.32 Å². The molecule has 138 valence electrons. The Bertz CT molecular complexity index is 778. The average molecular weight is 372 g/mol. The van der Waals surface area contributed by atoms with Gasteiger partial charge in [-0.05, 0) is 42.9 Å². The first-order valence-electron chi connectivity index (χ1n) is 8.65. The number of esters is 1. The molecule has 0 aliphatic carbocycles. The van der Waals surface area contributed by atoms with E-state index in [0.29, 0.717) is 11.5 Å². The van der Waals surface area contributed by atoms with Crippen LogP contribution >= 0.6 is 11.3 Å². The lowest BCUT2D eigenvalue weighted by molar-refractivity contribution is -0.143. The van der Waals surface area contributed by atoms with Crippen molar-refractivity contribution < 1.29 is 14.3 Å². The van der Waals surface area contributed by atoms with E-state index >= 15 is 0 Å². The number of thiophene rings is 1. The lowest BCUT2D eigenvalue weighted by Gasteiger charge is -2.17. The van der Waals surface area contributed by atoms with Crippen LogP contribution in [-0.4, -0.2) is 24.5 Å². The van der Waals surface area contributed by atoms with Crippen molar-refractivity contribution in [1.82, 2.24) is 5.32 Å². The van der Waals surface area contributed by atoms with Crippen LogP contribution in [-0.2, 0) is 14.3 Å². The van der Waals surface area contributed by atoms with Crippen LogP contribution in [0.1, 0.15) is 36.8 Å². The van der Waals surface area contributed by atoms with Gasteiger partial charge in [0, 0.05) is 10.9 Å². The first-order valence-corrected chi connectivity index (χ1v) is 9.53. The fourth-order valence-corrected chi connectivity index (χ4v) is 2.99. The Morgan fingerprint density at radius 3 is 2.58 bits per heavy atom. The fraction of sp³-hybridized carbons (Fsp3) is 0.333. The Hall–Kier alpha value is -2.40. The van der Waals surface area contributed by atoms with E-state index in [1.54, 1.807) is 6.08 Å². The summed E-state index contributed by atoms with van der Waals surface area (Å²) in [5.41, 5.74) is 2.48. The van der Waals surface area contributed by atoms with Crippen molar-refractivity contribution in [3.63, 3.8) is 0 Å². The molecule has 1 amide bonds. The number of ether oxygens (including phenoxy) is 1. The van der Waals surface area contributed by atoms with Crippen LogP contribution in [0.2, 0.25) is 0 Å². The summed E-state index contributed by atoms with van der Waals surface area (Å²) in [4.78, 5) is 25.4. The first-order chi connectivity index (χ1) is 12.4. The molecule has 0 saturated carbocycles. The van der Waals surface area contributed by atoms with Gasteiger partial charge in [0.2, 0.25) is 0 Å². The van der Waals surface area contributed by atoms with Crippen LogP contribution in [0.5, 0.6) is 0 Å². The molecular weight excluding hydrogens is 346 g/mol. The van der Waals surface area contributed by atoms with Crippen LogP contribution in [0.4, 0.5) is 0 Å². The molecule has 26 heavy (non-hydrogen) atoms. The van der Waals surface area contributed by atoms with Gasteiger partial charge in [0.15, 0.2) is 6.61 Å². The molecule has 0 unspecified atom stereocenters. The van der Waals surface area contributed by atoms with Crippen LogP contribution in [0.25, 0.3) is 11.6 Å². The van der Waals surface area contributed by atoms with Gasteiger partial charge in [-0.2, -0.15) is 0 Å². The zero-order valence-electron chi connectivity index (χ0n) is 15.6. The molecule has 0 aliphatic rings. The van der Waals surface area contributed by atoms with E-state index < -0.39 is 5.97 Å². The van der Waals surface area contributed by atoms with Crippen LogP contribution < -0.4 is 5.32 Å². The molecule has 0 radical (unpaired) electrons. The summed E-state index contributed by atoms with van der Waals surface area (Å²) in [5, 5.41) is 4.74. The van der Waals surface area contributed by atoms with Gasteiger partial charge < -0.3 is 10.1 Å². The second-order valence-corrected chi connectivity index (χ2v) is 7.57. The minimum atomic E-state index is -0.499. The maximum atomic E-state index is 12.6. The minimum absolute atomic E-state index is 0.0285. The number of aryl methyl sites for hydroxylation is 1. The zero-order chi connectivity index (χ0) is 19.1. The normalized spacial score (nSPS) is 12.7. The predicted octanol–water partition coefficient (Wildman–Crippen LogP) is 4.30. The third-order valence-electron chi connectivity index (χ3n) is 4.08. The maximum Gasteiger partial charge on any atom is 0.340 e. The fourth-order valence-electron chi connectivity index (χ4n) is 2.26. The highest BCUT2D eigenvalue weighted by atomic mass is 32.1. The smallest absolute Gasteiger partial charge is 0.340 e. The SMILES string of the molecule is Cc1cccc(/C=C(/C(=O)OCC(=O)N[C@H](C)C(C)C)c2cccs2)c1. The third-order valence-corrected chi connectivity index (χ3v) is 4.99. The van der Waals surface area contributed by atoms with Gasteiger partial charge in [0.05, 0.1) is 5.57 Å². The van der Waals surface area contributed by atoms with Gasteiger partial charge in [-0.1, -0.05) is 49.7 Å². The summed E-state index contributed by atoms with van der Waals surface area (Å²) in [7, 11) is 0. The van der Waals surface area contributed by atoms with Crippen LogP contribution in [0, 0.1) is 12.8 Å². The molecule has 1 aromatic carbocycles. The Morgan fingerprint density at radius 2 is 1.96 bits per heavy atom. The summed E-state index contributed by atoms with van der Waals surface area (Å²) >= 11 is 1.46. The van der Waals surface area contributed by atoms with Gasteiger partial charge >= 0.3 is 5.97 Å². The Labute approximate surface area is 158 Å². The Balaban J connectivity index is 2.11. The molecule has 0 aliphatic heterocycles. The molecule has 5 heteroatoms. The van der Waals surface area contributed by atoms with Gasteiger partial charge in [0.25, 0.3) is 5.91 Å². The summed E-state index contributed by atoms with van der Waals surface area (Å²) < 4.78 is 5.26. The van der Waals surface area contributed by atoms with E-state index in [4.69, 9.17) is 4.74 Å². The minimum Gasteiger partial charge on any atom is -0.452 e. The summed E-state index contributed by atoms with van der Waals surface area (Å²) in [6.45, 7) is 7.69. The Kier molecular flexibility index (Phi) is 7.16. The summed E-state index contributed by atoms with van der Waals surface area (Å²) in [5.74, 6) is -0.473. The van der Waals surface area contributed by atoms with Gasteiger partial charge in [-0.15, -0.1) is 11.3 Å². The number of hydrogen-bond donors (Lipinski definition) is 1. The van der Waals surface area contributed by atoms with Crippen molar-refractivity contribution in [1.29, 1.82) is 0 Å². The lowest BCUT2D eigenvalue weighted by Crippen LogP contribution is -2.38. The lowest BCUT2D eigenvalue weighted by atomic mass is 10.1. The molecule has 0 saturated heterocycles. The standard InChI is InChI=1S/C21H25NO3S/c1-14(2)16(4)22-20(23)13-25-21(24)18(19-9-6-10-26-19)12-17-8-5-7-15(3)11-17/h5-12,14,16H,13H2,1-4H3,(H,22,23)/b18-12+/t16-/m1/s1. The van der Waals surface area contributed by atoms with E-state index in [0.717, 1.165) is 16.0 Å². The van der Waals surface area contributed by atoms with Gasteiger partial charge in [0.1, 0.15) is 0 Å². The molecule has 1 aromatic heterocycles. The van der Waals surface area contributed by atoms with Crippen LogP contribution in [0.3, 0.4) is 0 Å². The molecule has 1 heterocycles. The molecule has 1 atom stereocenters. The van der Waals surface area contributed by atoms with Crippen molar-refractivity contribution in [2.24, 2.45) is 5.92 Å². The van der Waals surface area contributed by atoms with Crippen molar-refractivity contribution in [2.45, 2.75) is 33.7 Å². The van der Waals surface area contributed by atoms with Gasteiger partial charge in [-0.3, -0.25) is 4.79 Å². The molecule has 2 rings (SSSR count). The molecule has 2 aromatic rings. The number of rotatable bonds is 7. The Morgan fingerprint density at radius 1 is 1.19 bits per heavy atom. The number of benzene rings is 1. The van der Waals surface area contributed by atoms with Gasteiger partial charge in [-0.25, -0.2) is 4.79 Å². The highest BCUT2D eigenvalue weighted by molar-refractivity contribution is 7.11. The number of carbonyl (C=O) groups excluding carboxylic acids is 2. The van der Waals surface area contributed by atoms with Crippen LogP contribution in [0.15, 0.2) is 41.8 Å². The second-order valence-electron chi connectivity index (χ2n) is 6.63. The zero-order valence-corrected chi connectivity index (χ0v) is 16.4. The molecule has 0 fully saturated rings. The number of carbonyl (C=O) groups is 2. The molecule has 1 N–H and O–H groups in total. The maximum absolute atomic E-state index is 12.6. The van der Waals surface area contributed by atoms with Crippen molar-refractivity contribution in [3.8, 4) is 0 Å². The number of amides is 1. The predicted molar refractivity (Wildman–Crippen MR) is 107 cm³/mol. The van der Waals surface area contributed by atoms with Crippen molar-refractivity contribution in [3.05, 3.63) is 57.8 Å². The monoisotopic (exact) mass is 371 g/mol. The van der Waals surface area contributed by atoms with E-state index in [9.17, 15) is 9.59 Å². The van der Waals surface area contributed by atoms with E-state index in [-0.39, 0.29) is 18.6 Å². The third kappa shape index (κ3) is 5.85. The van der Waals surface area contributed by atoms with Crippen molar-refractivity contribution >= 4 is 34.9 Å². The largest absolute Gasteiger partial charge is 0.452 e. The highest BCUT2D eigenvalue weighted by Crippen LogP contribution is 2.24. The quantitative estimate of drug-likeness (QED) is 0.583. The van der Waals surface area contributed by atoms with Crippen molar-refractivity contribution in [2.75, 3.05) is 6.61 Å². The number of nitrogens with one attached hydrogen (secondary N) is 1. The molecule has 4 nitrogen and oxygen atoms in total. The first kappa shape index (κ1) is 19.9. The highest BCUT2D eigenvalue weighted by Gasteiger charge is 2.18. The summed E-state index contributed by atoms with van der Waals surface area (Å²) in [6, 6.07) is 11.7. The number of hydrogen-bond acceptors (Lipinski definition) is 4.